The molecule has 0 spiro atoms. The first kappa shape index (κ1) is 13.4. The molecule has 0 aliphatic carbocycles. The van der Waals surface area contributed by atoms with Crippen LogP contribution in [0.2, 0.25) is 0 Å². The molecule has 20 heavy (non-hydrogen) atoms. The van der Waals surface area contributed by atoms with Gasteiger partial charge in [0.25, 0.3) is 0 Å². The van der Waals surface area contributed by atoms with E-state index >= 15 is 0 Å². The molecule has 0 aromatic heterocycles. The van der Waals surface area contributed by atoms with Crippen LogP contribution in [0, 0.1) is 0 Å². The van der Waals surface area contributed by atoms with Crippen molar-refractivity contribution in [3.05, 3.63) is 65.2 Å². The summed E-state index contributed by atoms with van der Waals surface area (Å²) in [5, 5.41) is 0. The topological polar surface area (TPSA) is 3.24 Å². The molecule has 0 amide bonds. The lowest BCUT2D eigenvalue weighted by molar-refractivity contribution is 0.0983. The molecule has 100 valence electrons. The first-order valence-corrected chi connectivity index (χ1v) is 7.25. The smallest absolute Gasteiger partial charge is 0.113 e. The summed E-state index contributed by atoms with van der Waals surface area (Å²) in [5.74, 6) is 0. The van der Waals surface area contributed by atoms with Crippen LogP contribution >= 0.6 is 0 Å². The number of hydrogen-bond donors (Lipinski definition) is 0. The molecule has 1 aliphatic heterocycles. The highest BCUT2D eigenvalue weighted by atomic mass is 15.2. The Labute approximate surface area is 123 Å². The van der Waals surface area contributed by atoms with Crippen molar-refractivity contribution in [3.63, 3.8) is 0 Å². The SMILES string of the molecule is [B]c1ccc2c(c1)C(C)(C)N(Cc1ccccc1)CC2. The van der Waals surface area contributed by atoms with Gasteiger partial charge < -0.3 is 0 Å². The van der Waals surface area contributed by atoms with Gasteiger partial charge in [-0.25, -0.2) is 0 Å². The Balaban J connectivity index is 1.92. The van der Waals surface area contributed by atoms with Crippen molar-refractivity contribution < 1.29 is 0 Å². The second-order valence-corrected chi connectivity index (χ2v) is 6.13. The molecule has 0 saturated carbocycles. The van der Waals surface area contributed by atoms with Gasteiger partial charge in [-0.2, -0.15) is 0 Å². The highest BCUT2D eigenvalue weighted by molar-refractivity contribution is 6.32. The molecule has 0 bridgehead atoms. The average Bonchev–Trinajstić information content (AvgIpc) is 2.44. The van der Waals surface area contributed by atoms with Gasteiger partial charge in [0, 0.05) is 18.6 Å². The Morgan fingerprint density at radius 3 is 2.60 bits per heavy atom. The minimum absolute atomic E-state index is 0.0266. The predicted octanol–water partition coefficient (Wildman–Crippen LogP) is 2.77. The Kier molecular flexibility index (Phi) is 3.43. The van der Waals surface area contributed by atoms with Crippen molar-refractivity contribution in [3.8, 4) is 0 Å². The lowest BCUT2D eigenvalue weighted by Gasteiger charge is -2.44. The fraction of sp³-hybridized carbons (Fsp3) is 0.333. The van der Waals surface area contributed by atoms with Gasteiger partial charge in [-0.3, -0.25) is 4.90 Å². The van der Waals surface area contributed by atoms with Crippen LogP contribution in [0.5, 0.6) is 0 Å². The van der Waals surface area contributed by atoms with Crippen LogP contribution in [-0.4, -0.2) is 19.3 Å². The van der Waals surface area contributed by atoms with E-state index in [9.17, 15) is 0 Å². The summed E-state index contributed by atoms with van der Waals surface area (Å²) in [5.41, 5.74) is 5.07. The minimum atomic E-state index is 0.0266. The van der Waals surface area contributed by atoms with Crippen molar-refractivity contribution in [2.45, 2.75) is 32.4 Å². The molecule has 0 unspecified atom stereocenters. The van der Waals surface area contributed by atoms with E-state index in [1.807, 2.05) is 6.07 Å². The van der Waals surface area contributed by atoms with Crippen molar-refractivity contribution >= 4 is 13.3 Å². The van der Waals surface area contributed by atoms with Gasteiger partial charge in [0.15, 0.2) is 0 Å². The maximum absolute atomic E-state index is 5.98. The molecule has 0 saturated heterocycles. The molecular weight excluding hydrogens is 241 g/mol. The first-order chi connectivity index (χ1) is 9.57. The first-order valence-electron chi connectivity index (χ1n) is 7.25. The summed E-state index contributed by atoms with van der Waals surface area (Å²) in [7, 11) is 5.98. The lowest BCUT2D eigenvalue weighted by Crippen LogP contribution is -2.46. The molecule has 1 heterocycles. The Morgan fingerprint density at radius 2 is 1.85 bits per heavy atom. The number of fused-ring (bicyclic) bond motifs is 1. The van der Waals surface area contributed by atoms with Gasteiger partial charge in [0.1, 0.15) is 7.85 Å². The van der Waals surface area contributed by atoms with E-state index in [0.29, 0.717) is 0 Å². The second-order valence-electron chi connectivity index (χ2n) is 6.13. The fourth-order valence-corrected chi connectivity index (χ4v) is 3.17. The molecule has 2 radical (unpaired) electrons. The van der Waals surface area contributed by atoms with Crippen LogP contribution in [0.1, 0.15) is 30.5 Å². The maximum Gasteiger partial charge on any atom is 0.113 e. The molecule has 2 heteroatoms. The predicted molar refractivity (Wildman–Crippen MR) is 85.4 cm³/mol. The largest absolute Gasteiger partial charge is 0.290 e. The van der Waals surface area contributed by atoms with Gasteiger partial charge >= 0.3 is 0 Å². The van der Waals surface area contributed by atoms with Crippen LogP contribution in [0.15, 0.2) is 48.5 Å². The highest BCUT2D eigenvalue weighted by Crippen LogP contribution is 2.35. The summed E-state index contributed by atoms with van der Waals surface area (Å²) in [4.78, 5) is 2.55. The zero-order chi connectivity index (χ0) is 14.2. The molecule has 2 aromatic carbocycles. The zero-order valence-corrected chi connectivity index (χ0v) is 12.3. The zero-order valence-electron chi connectivity index (χ0n) is 12.3. The van der Waals surface area contributed by atoms with Gasteiger partial charge in [-0.05, 0) is 37.0 Å². The van der Waals surface area contributed by atoms with Crippen LogP contribution < -0.4 is 5.46 Å². The fourth-order valence-electron chi connectivity index (χ4n) is 3.17. The van der Waals surface area contributed by atoms with Crippen LogP contribution in [0.4, 0.5) is 0 Å². The number of benzene rings is 2. The van der Waals surface area contributed by atoms with Crippen molar-refractivity contribution in [1.82, 2.24) is 4.90 Å². The van der Waals surface area contributed by atoms with Gasteiger partial charge in [-0.15, -0.1) is 0 Å². The van der Waals surface area contributed by atoms with Crippen molar-refractivity contribution in [2.24, 2.45) is 0 Å². The number of hydrogen-bond acceptors (Lipinski definition) is 1. The average molecular weight is 261 g/mol. The van der Waals surface area contributed by atoms with Crippen LogP contribution in [0.25, 0.3) is 0 Å². The normalized spacial score (nSPS) is 17.7. The quantitative estimate of drug-likeness (QED) is 0.751. The summed E-state index contributed by atoms with van der Waals surface area (Å²) in [6, 6.07) is 17.0. The highest BCUT2D eigenvalue weighted by Gasteiger charge is 2.34. The third kappa shape index (κ3) is 2.40. The summed E-state index contributed by atoms with van der Waals surface area (Å²) < 4.78 is 0. The van der Waals surface area contributed by atoms with E-state index in [4.69, 9.17) is 7.85 Å². The standard InChI is InChI=1S/C18H20BN/c1-18(2)17-12-16(19)9-8-15(17)10-11-20(18)13-14-6-4-3-5-7-14/h3-9,12H,10-11,13H2,1-2H3. The molecular formula is C18H20BN. The maximum atomic E-state index is 5.98. The van der Waals surface area contributed by atoms with Crippen LogP contribution in [-0.2, 0) is 18.5 Å². The van der Waals surface area contributed by atoms with Gasteiger partial charge in [0.2, 0.25) is 0 Å². The van der Waals surface area contributed by atoms with E-state index < -0.39 is 0 Å². The van der Waals surface area contributed by atoms with Gasteiger partial charge in [-0.1, -0.05) is 54.0 Å². The van der Waals surface area contributed by atoms with Crippen molar-refractivity contribution in [2.75, 3.05) is 6.54 Å². The summed E-state index contributed by atoms with van der Waals surface area (Å²) in [6.07, 6.45) is 1.10. The van der Waals surface area contributed by atoms with E-state index in [1.165, 1.54) is 16.7 Å². The van der Waals surface area contributed by atoms with E-state index in [-0.39, 0.29) is 5.54 Å². The van der Waals surface area contributed by atoms with E-state index in [2.05, 4.69) is 61.2 Å². The van der Waals surface area contributed by atoms with Crippen LogP contribution in [0.3, 0.4) is 0 Å². The molecule has 0 N–H and O–H groups in total. The second kappa shape index (κ2) is 5.10. The van der Waals surface area contributed by atoms with Crippen molar-refractivity contribution in [1.29, 1.82) is 0 Å². The Morgan fingerprint density at radius 1 is 1.10 bits per heavy atom. The summed E-state index contributed by atoms with van der Waals surface area (Å²) >= 11 is 0. The molecule has 1 nitrogen and oxygen atoms in total. The Hall–Kier alpha value is -1.54. The minimum Gasteiger partial charge on any atom is -0.290 e. The molecule has 2 aromatic rings. The Bertz CT molecular complexity index is 604. The summed E-state index contributed by atoms with van der Waals surface area (Å²) in [6.45, 7) is 6.68. The monoisotopic (exact) mass is 261 g/mol. The molecule has 0 fully saturated rings. The number of nitrogens with zero attached hydrogens (tertiary/aromatic N) is 1. The van der Waals surface area contributed by atoms with E-state index in [0.717, 1.165) is 25.0 Å². The molecule has 0 atom stereocenters. The molecule has 3 rings (SSSR count). The third-order valence-electron chi connectivity index (χ3n) is 4.45. The van der Waals surface area contributed by atoms with Gasteiger partial charge in [0.05, 0.1) is 0 Å². The number of rotatable bonds is 2. The molecule has 1 aliphatic rings. The van der Waals surface area contributed by atoms with E-state index in [1.54, 1.807) is 0 Å². The lowest BCUT2D eigenvalue weighted by atomic mass is 9.79. The third-order valence-corrected chi connectivity index (χ3v) is 4.45.